The summed E-state index contributed by atoms with van der Waals surface area (Å²) in [5.74, 6) is 0.968. The van der Waals surface area contributed by atoms with Gasteiger partial charge in [0.15, 0.2) is 11.5 Å². The Kier molecular flexibility index (Phi) is 3.29. The molecule has 5 rings (SSSR count). The highest BCUT2D eigenvalue weighted by Crippen LogP contribution is 2.31. The number of amides is 1. The summed E-state index contributed by atoms with van der Waals surface area (Å²) in [5, 5.41) is 22.0. The van der Waals surface area contributed by atoms with Gasteiger partial charge in [0.25, 0.3) is 0 Å². The van der Waals surface area contributed by atoms with Gasteiger partial charge in [-0.15, -0.1) is 15.3 Å². The third kappa shape index (κ3) is 2.57. The third-order valence-electron chi connectivity index (χ3n) is 5.08. The zero-order valence-electron chi connectivity index (χ0n) is 13.8. The first-order chi connectivity index (χ1) is 12.3. The predicted octanol–water partition coefficient (Wildman–Crippen LogP) is 1.40. The Labute approximate surface area is 144 Å². The minimum Gasteiger partial charge on any atom is -0.354 e. The van der Waals surface area contributed by atoms with E-state index in [-0.39, 0.29) is 11.8 Å². The van der Waals surface area contributed by atoms with Crippen molar-refractivity contribution in [2.75, 3.05) is 18.0 Å². The van der Waals surface area contributed by atoms with Crippen molar-refractivity contribution in [3.63, 3.8) is 0 Å². The minimum absolute atomic E-state index is 0.00270. The Balaban J connectivity index is 1.51. The Morgan fingerprint density at radius 3 is 3.04 bits per heavy atom. The van der Waals surface area contributed by atoms with Crippen LogP contribution in [0.2, 0.25) is 0 Å². The monoisotopic (exact) mass is 337 g/mol. The maximum absolute atomic E-state index is 12.5. The summed E-state index contributed by atoms with van der Waals surface area (Å²) in [7, 11) is 0. The standard InChI is InChI=1S/C17H19N7O/c25-17(20-11-3-4-11)10-2-1-7-24(9-10)16-14-12-5-6-18-15(12)22-21-13(14)8-19-23-16/h5-6,8,10-11H,1-4,7,9H2,(H,18,22)(H,20,25). The number of nitrogens with zero attached hydrogens (tertiary/aromatic N) is 5. The molecule has 128 valence electrons. The lowest BCUT2D eigenvalue weighted by Gasteiger charge is -2.33. The van der Waals surface area contributed by atoms with Gasteiger partial charge in [-0.1, -0.05) is 0 Å². The second-order valence-corrected chi connectivity index (χ2v) is 6.94. The minimum atomic E-state index is 0.00270. The molecule has 3 aromatic heterocycles. The second kappa shape index (κ2) is 5.65. The van der Waals surface area contributed by atoms with Crippen molar-refractivity contribution < 1.29 is 4.79 Å². The molecule has 4 heterocycles. The van der Waals surface area contributed by atoms with E-state index in [9.17, 15) is 4.79 Å². The van der Waals surface area contributed by atoms with Crippen LogP contribution in [0.3, 0.4) is 0 Å². The van der Waals surface area contributed by atoms with Gasteiger partial charge in [0, 0.05) is 30.7 Å². The van der Waals surface area contributed by atoms with E-state index in [1.807, 2.05) is 12.3 Å². The summed E-state index contributed by atoms with van der Waals surface area (Å²) >= 11 is 0. The molecule has 1 aliphatic carbocycles. The molecule has 1 saturated heterocycles. The lowest BCUT2D eigenvalue weighted by Crippen LogP contribution is -2.44. The summed E-state index contributed by atoms with van der Waals surface area (Å²) < 4.78 is 0. The van der Waals surface area contributed by atoms with Crippen molar-refractivity contribution in [3.8, 4) is 0 Å². The quantitative estimate of drug-likeness (QED) is 0.749. The lowest BCUT2D eigenvalue weighted by atomic mass is 9.96. The van der Waals surface area contributed by atoms with E-state index in [1.54, 1.807) is 6.20 Å². The lowest BCUT2D eigenvalue weighted by molar-refractivity contribution is -0.125. The van der Waals surface area contributed by atoms with Gasteiger partial charge in [0.2, 0.25) is 5.91 Å². The molecule has 25 heavy (non-hydrogen) atoms. The second-order valence-electron chi connectivity index (χ2n) is 6.94. The normalized spacial score (nSPS) is 21.0. The molecule has 0 spiro atoms. The average molecular weight is 337 g/mol. The molecule has 8 nitrogen and oxygen atoms in total. The molecule has 0 aromatic carbocycles. The van der Waals surface area contributed by atoms with Crippen molar-refractivity contribution in [2.45, 2.75) is 31.7 Å². The third-order valence-corrected chi connectivity index (χ3v) is 5.08. The highest BCUT2D eigenvalue weighted by atomic mass is 16.2. The zero-order valence-corrected chi connectivity index (χ0v) is 13.8. The number of carbonyl (C=O) groups is 1. The molecule has 1 atom stereocenters. The Bertz CT molecular complexity index is 948. The van der Waals surface area contributed by atoms with Crippen LogP contribution in [0.1, 0.15) is 25.7 Å². The highest BCUT2D eigenvalue weighted by Gasteiger charge is 2.31. The number of H-pyrrole nitrogens is 1. The number of nitrogens with one attached hydrogen (secondary N) is 2. The van der Waals surface area contributed by atoms with Crippen LogP contribution in [0.25, 0.3) is 21.9 Å². The number of aromatic amines is 1. The van der Waals surface area contributed by atoms with E-state index in [2.05, 4.69) is 35.6 Å². The van der Waals surface area contributed by atoms with Crippen LogP contribution in [0.4, 0.5) is 5.82 Å². The van der Waals surface area contributed by atoms with Crippen LogP contribution < -0.4 is 10.2 Å². The van der Waals surface area contributed by atoms with Crippen LogP contribution >= 0.6 is 0 Å². The van der Waals surface area contributed by atoms with Gasteiger partial charge < -0.3 is 15.2 Å². The van der Waals surface area contributed by atoms with Crippen LogP contribution in [0, 0.1) is 5.92 Å². The van der Waals surface area contributed by atoms with Crippen molar-refractivity contribution >= 4 is 33.7 Å². The maximum atomic E-state index is 12.5. The number of hydrogen-bond donors (Lipinski definition) is 2. The first-order valence-electron chi connectivity index (χ1n) is 8.80. The summed E-state index contributed by atoms with van der Waals surface area (Å²) in [6, 6.07) is 2.38. The first kappa shape index (κ1) is 14.6. The highest BCUT2D eigenvalue weighted by molar-refractivity contribution is 6.08. The van der Waals surface area contributed by atoms with Crippen LogP contribution in [-0.2, 0) is 4.79 Å². The maximum Gasteiger partial charge on any atom is 0.225 e. The molecule has 1 amide bonds. The molecule has 0 radical (unpaired) electrons. The molecule has 1 unspecified atom stereocenters. The number of hydrogen-bond acceptors (Lipinski definition) is 6. The van der Waals surface area contributed by atoms with Gasteiger partial charge in [-0.05, 0) is 31.7 Å². The van der Waals surface area contributed by atoms with Crippen molar-refractivity contribution in [1.82, 2.24) is 30.7 Å². The Morgan fingerprint density at radius 1 is 1.24 bits per heavy atom. The van der Waals surface area contributed by atoms with Crippen molar-refractivity contribution in [3.05, 3.63) is 18.5 Å². The zero-order chi connectivity index (χ0) is 16.8. The number of carbonyl (C=O) groups excluding carboxylic acids is 1. The van der Waals surface area contributed by atoms with Crippen molar-refractivity contribution in [2.24, 2.45) is 5.92 Å². The van der Waals surface area contributed by atoms with E-state index in [4.69, 9.17) is 0 Å². The van der Waals surface area contributed by atoms with E-state index in [0.717, 1.165) is 60.0 Å². The summed E-state index contributed by atoms with van der Waals surface area (Å²) in [6.45, 7) is 1.54. The molecule has 2 aliphatic rings. The molecule has 1 saturated carbocycles. The predicted molar refractivity (Wildman–Crippen MR) is 93.1 cm³/mol. The number of fused-ring (bicyclic) bond motifs is 3. The van der Waals surface area contributed by atoms with E-state index in [0.29, 0.717) is 12.6 Å². The van der Waals surface area contributed by atoms with Gasteiger partial charge in [0.05, 0.1) is 17.5 Å². The molecule has 1 aliphatic heterocycles. The summed E-state index contributed by atoms with van der Waals surface area (Å²) in [6.07, 6.45) is 7.61. The van der Waals surface area contributed by atoms with Gasteiger partial charge in [0.1, 0.15) is 5.52 Å². The van der Waals surface area contributed by atoms with Gasteiger partial charge in [-0.25, -0.2) is 0 Å². The Morgan fingerprint density at radius 2 is 2.16 bits per heavy atom. The summed E-state index contributed by atoms with van der Waals surface area (Å²) in [5.41, 5.74) is 1.46. The van der Waals surface area contributed by atoms with Crippen molar-refractivity contribution in [1.29, 1.82) is 0 Å². The van der Waals surface area contributed by atoms with E-state index >= 15 is 0 Å². The summed E-state index contributed by atoms with van der Waals surface area (Å²) in [4.78, 5) is 17.7. The molecule has 3 aromatic rings. The number of rotatable bonds is 3. The number of anilines is 1. The van der Waals surface area contributed by atoms with Gasteiger partial charge in [-0.2, -0.15) is 5.10 Å². The van der Waals surface area contributed by atoms with E-state index < -0.39 is 0 Å². The fourth-order valence-electron chi connectivity index (χ4n) is 3.60. The fraction of sp³-hybridized carbons (Fsp3) is 0.471. The topological polar surface area (TPSA) is 99.7 Å². The fourth-order valence-corrected chi connectivity index (χ4v) is 3.60. The first-order valence-corrected chi connectivity index (χ1v) is 8.80. The molecule has 2 fully saturated rings. The number of piperidine rings is 1. The molecular weight excluding hydrogens is 318 g/mol. The molecule has 0 bridgehead atoms. The number of aromatic nitrogens is 5. The van der Waals surface area contributed by atoms with Gasteiger partial charge in [-0.3, -0.25) is 4.79 Å². The van der Waals surface area contributed by atoms with E-state index in [1.165, 1.54) is 0 Å². The molecule has 8 heteroatoms. The molecule has 2 N–H and O–H groups in total. The Hall–Kier alpha value is -2.77. The van der Waals surface area contributed by atoms with Crippen LogP contribution in [-0.4, -0.2) is 50.4 Å². The van der Waals surface area contributed by atoms with Crippen LogP contribution in [0.5, 0.6) is 0 Å². The average Bonchev–Trinajstić information content (AvgIpc) is 3.33. The van der Waals surface area contributed by atoms with Crippen LogP contribution in [0.15, 0.2) is 18.5 Å². The smallest absolute Gasteiger partial charge is 0.225 e. The van der Waals surface area contributed by atoms with Gasteiger partial charge >= 0.3 is 0 Å². The molecular formula is C17H19N7O. The largest absolute Gasteiger partial charge is 0.354 e. The SMILES string of the molecule is O=C(NC1CC1)C1CCCN(c2nncc3nnc4[nH]ccc4c23)C1.